The second kappa shape index (κ2) is 7.44. The number of carbonyl (C=O) groups excluding carboxylic acids is 1. The first-order chi connectivity index (χ1) is 12.0. The van der Waals surface area contributed by atoms with E-state index >= 15 is 0 Å². The van der Waals surface area contributed by atoms with Crippen molar-refractivity contribution in [3.05, 3.63) is 59.2 Å². The number of carbonyl (C=O) groups is 1. The van der Waals surface area contributed by atoms with Gasteiger partial charge >= 0.3 is 0 Å². The number of nitrogens with zero attached hydrogens (tertiary/aromatic N) is 2. The van der Waals surface area contributed by atoms with Gasteiger partial charge in [-0.3, -0.25) is 4.79 Å². The number of nitrogens with one attached hydrogen (secondary N) is 1. The molecular formula is C19H20N4OS. The molecule has 25 heavy (non-hydrogen) atoms. The molecule has 0 aliphatic carbocycles. The summed E-state index contributed by atoms with van der Waals surface area (Å²) in [4.78, 5) is 16.2. The standard InChI is InChI=1S/C19H20N4OS/c1-12(2)15-6-3-13(4-7-15)11-21-23-18(24)10-14-5-8-16-17(9-14)25-19(20)22-16/h3-9,11-12H,10H2,1-2H3,(H2,20,22)(H,23,24)/b21-11-. The molecule has 3 N–H and O–H groups in total. The third-order valence-electron chi connectivity index (χ3n) is 3.84. The lowest BCUT2D eigenvalue weighted by Crippen LogP contribution is -2.19. The predicted octanol–water partition coefficient (Wildman–Crippen LogP) is 3.69. The van der Waals surface area contributed by atoms with Crippen molar-refractivity contribution in [2.45, 2.75) is 26.2 Å². The van der Waals surface area contributed by atoms with Crippen molar-refractivity contribution in [3.63, 3.8) is 0 Å². The van der Waals surface area contributed by atoms with Gasteiger partial charge in [0.1, 0.15) is 0 Å². The molecule has 6 heteroatoms. The third-order valence-corrected chi connectivity index (χ3v) is 4.69. The van der Waals surface area contributed by atoms with Crippen LogP contribution in [0.15, 0.2) is 47.6 Å². The molecule has 1 heterocycles. The molecule has 0 fully saturated rings. The van der Waals surface area contributed by atoms with E-state index in [1.165, 1.54) is 16.9 Å². The van der Waals surface area contributed by atoms with Crippen LogP contribution < -0.4 is 11.2 Å². The topological polar surface area (TPSA) is 80.4 Å². The quantitative estimate of drug-likeness (QED) is 0.543. The first-order valence-corrected chi connectivity index (χ1v) is 8.90. The molecule has 0 atom stereocenters. The second-order valence-electron chi connectivity index (χ2n) is 6.15. The Bertz CT molecular complexity index is 913. The number of aromatic nitrogens is 1. The van der Waals surface area contributed by atoms with E-state index in [2.05, 4.69) is 41.5 Å². The Balaban J connectivity index is 1.57. The average Bonchev–Trinajstić information content (AvgIpc) is 2.94. The van der Waals surface area contributed by atoms with Gasteiger partial charge in [-0.15, -0.1) is 0 Å². The number of hydrogen-bond donors (Lipinski definition) is 2. The number of nitrogen functional groups attached to an aromatic ring is 1. The second-order valence-corrected chi connectivity index (χ2v) is 7.21. The molecule has 0 aliphatic heterocycles. The Morgan fingerprint density at radius 1 is 1.28 bits per heavy atom. The highest BCUT2D eigenvalue weighted by atomic mass is 32.1. The van der Waals surface area contributed by atoms with Crippen LogP contribution in [0, 0.1) is 0 Å². The smallest absolute Gasteiger partial charge is 0.244 e. The third kappa shape index (κ3) is 4.42. The van der Waals surface area contributed by atoms with Crippen LogP contribution in [0.1, 0.15) is 36.5 Å². The van der Waals surface area contributed by atoms with Crippen LogP contribution >= 0.6 is 11.3 Å². The summed E-state index contributed by atoms with van der Waals surface area (Å²) >= 11 is 1.42. The van der Waals surface area contributed by atoms with Gasteiger partial charge in [-0.1, -0.05) is 55.5 Å². The molecule has 0 aliphatic rings. The maximum atomic E-state index is 12.0. The number of hydrazone groups is 1. The van der Waals surface area contributed by atoms with E-state index in [-0.39, 0.29) is 12.3 Å². The highest BCUT2D eigenvalue weighted by molar-refractivity contribution is 7.22. The van der Waals surface area contributed by atoms with Gasteiger partial charge in [0, 0.05) is 0 Å². The Morgan fingerprint density at radius 2 is 2.04 bits per heavy atom. The monoisotopic (exact) mass is 352 g/mol. The van der Waals surface area contributed by atoms with E-state index in [4.69, 9.17) is 5.73 Å². The molecule has 1 amide bonds. The van der Waals surface area contributed by atoms with Crippen LogP contribution in [0.2, 0.25) is 0 Å². The zero-order chi connectivity index (χ0) is 17.8. The number of hydrogen-bond acceptors (Lipinski definition) is 5. The number of rotatable bonds is 5. The van der Waals surface area contributed by atoms with E-state index < -0.39 is 0 Å². The van der Waals surface area contributed by atoms with Crippen molar-refractivity contribution in [1.29, 1.82) is 0 Å². The van der Waals surface area contributed by atoms with Gasteiger partial charge in [-0.25, -0.2) is 10.4 Å². The molecule has 3 aromatic rings. The number of fused-ring (bicyclic) bond motifs is 1. The molecule has 1 aromatic heterocycles. The van der Waals surface area contributed by atoms with Gasteiger partial charge in [0.05, 0.1) is 22.9 Å². The van der Waals surface area contributed by atoms with Crippen molar-refractivity contribution < 1.29 is 4.79 Å². The fourth-order valence-electron chi connectivity index (χ4n) is 2.47. The van der Waals surface area contributed by atoms with Crippen LogP contribution in [0.5, 0.6) is 0 Å². The summed E-state index contributed by atoms with van der Waals surface area (Å²) in [5.74, 6) is 0.337. The average molecular weight is 352 g/mol. The lowest BCUT2D eigenvalue weighted by molar-refractivity contribution is -0.120. The maximum absolute atomic E-state index is 12.0. The van der Waals surface area contributed by atoms with E-state index in [1.807, 2.05) is 30.3 Å². The molecule has 0 radical (unpaired) electrons. The van der Waals surface area contributed by atoms with Crippen molar-refractivity contribution in [2.75, 3.05) is 5.73 Å². The molecule has 0 saturated carbocycles. The molecule has 0 spiro atoms. The lowest BCUT2D eigenvalue weighted by Gasteiger charge is -2.04. The summed E-state index contributed by atoms with van der Waals surface area (Å²) in [7, 11) is 0. The Hall–Kier alpha value is -2.73. The van der Waals surface area contributed by atoms with Crippen LogP contribution in [0.25, 0.3) is 10.2 Å². The number of benzene rings is 2. The summed E-state index contributed by atoms with van der Waals surface area (Å²) in [6.45, 7) is 4.31. The fraction of sp³-hybridized carbons (Fsp3) is 0.211. The summed E-state index contributed by atoms with van der Waals surface area (Å²) in [6, 6.07) is 13.8. The molecule has 3 rings (SSSR count). The van der Waals surface area contributed by atoms with Crippen LogP contribution in [0.4, 0.5) is 5.13 Å². The largest absolute Gasteiger partial charge is 0.375 e. The Labute approximate surface area is 150 Å². The van der Waals surface area contributed by atoms with Crippen LogP contribution in [0.3, 0.4) is 0 Å². The highest BCUT2D eigenvalue weighted by Gasteiger charge is 2.06. The van der Waals surface area contributed by atoms with Crippen LogP contribution in [-0.4, -0.2) is 17.1 Å². The van der Waals surface area contributed by atoms with E-state index in [9.17, 15) is 4.79 Å². The molecule has 0 unspecified atom stereocenters. The number of thiazole rings is 1. The van der Waals surface area contributed by atoms with Crippen LogP contribution in [-0.2, 0) is 11.2 Å². The predicted molar refractivity (Wildman–Crippen MR) is 104 cm³/mol. The maximum Gasteiger partial charge on any atom is 0.244 e. The molecule has 5 nitrogen and oxygen atoms in total. The number of amides is 1. The SMILES string of the molecule is CC(C)c1ccc(/C=N\NC(=O)Cc2ccc3nc(N)sc3c2)cc1. The van der Waals surface area contributed by atoms with Gasteiger partial charge < -0.3 is 5.73 Å². The normalized spacial score (nSPS) is 11.5. The van der Waals surface area contributed by atoms with Crippen molar-refractivity contribution in [2.24, 2.45) is 5.10 Å². The lowest BCUT2D eigenvalue weighted by atomic mass is 10.0. The molecule has 0 saturated heterocycles. The van der Waals surface area contributed by atoms with Gasteiger partial charge in [0.15, 0.2) is 5.13 Å². The molecule has 128 valence electrons. The minimum Gasteiger partial charge on any atom is -0.375 e. The van der Waals surface area contributed by atoms with Gasteiger partial charge in [-0.05, 0) is 34.7 Å². The van der Waals surface area contributed by atoms with Crippen molar-refractivity contribution in [1.82, 2.24) is 10.4 Å². The summed E-state index contributed by atoms with van der Waals surface area (Å²) in [5.41, 5.74) is 12.3. The van der Waals surface area contributed by atoms with E-state index in [0.29, 0.717) is 11.0 Å². The first kappa shape index (κ1) is 17.1. The minimum atomic E-state index is -0.160. The summed E-state index contributed by atoms with van der Waals surface area (Å²) in [6.07, 6.45) is 1.91. The molecule has 0 bridgehead atoms. The molecular weight excluding hydrogens is 332 g/mol. The van der Waals surface area contributed by atoms with E-state index in [1.54, 1.807) is 6.21 Å². The number of anilines is 1. The number of nitrogens with two attached hydrogens (primary N) is 1. The zero-order valence-electron chi connectivity index (χ0n) is 14.2. The van der Waals surface area contributed by atoms with Gasteiger partial charge in [0.25, 0.3) is 0 Å². The summed E-state index contributed by atoms with van der Waals surface area (Å²) < 4.78 is 0.983. The fourth-order valence-corrected chi connectivity index (χ4v) is 3.27. The Kier molecular flexibility index (Phi) is 5.09. The van der Waals surface area contributed by atoms with Crippen molar-refractivity contribution >= 4 is 38.8 Å². The van der Waals surface area contributed by atoms with E-state index in [0.717, 1.165) is 21.3 Å². The zero-order valence-corrected chi connectivity index (χ0v) is 15.0. The minimum absolute atomic E-state index is 0.160. The van der Waals surface area contributed by atoms with Gasteiger partial charge in [0.2, 0.25) is 5.91 Å². The van der Waals surface area contributed by atoms with Gasteiger partial charge in [-0.2, -0.15) is 5.10 Å². The van der Waals surface area contributed by atoms with Crippen molar-refractivity contribution in [3.8, 4) is 0 Å². The highest BCUT2D eigenvalue weighted by Crippen LogP contribution is 2.24. The molecule has 2 aromatic carbocycles. The Morgan fingerprint density at radius 3 is 2.76 bits per heavy atom. The summed E-state index contributed by atoms with van der Waals surface area (Å²) in [5, 5.41) is 4.56. The first-order valence-electron chi connectivity index (χ1n) is 8.08.